The lowest BCUT2D eigenvalue weighted by Gasteiger charge is -2.24. The van der Waals surface area contributed by atoms with E-state index in [4.69, 9.17) is 23.3 Å². The molecule has 2 atom stereocenters. The molecular weight excluding hydrogens is 599 g/mol. The van der Waals surface area contributed by atoms with Crippen LogP contribution in [0.25, 0.3) is 0 Å². The lowest BCUT2D eigenvalue weighted by Crippen LogP contribution is -2.37. The Balaban J connectivity index is 2.57. The fourth-order valence-electron chi connectivity index (χ4n) is 3.69. The van der Waals surface area contributed by atoms with Gasteiger partial charge in [0.2, 0.25) is 0 Å². The molecule has 1 aromatic carbocycles. The predicted molar refractivity (Wildman–Crippen MR) is 161 cm³/mol. The summed E-state index contributed by atoms with van der Waals surface area (Å²) in [4.78, 5) is 57.0. The summed E-state index contributed by atoms with van der Waals surface area (Å²) in [5.41, 5.74) is -0.150. The van der Waals surface area contributed by atoms with Gasteiger partial charge in [0.1, 0.15) is 25.5 Å². The number of nitro benzene ring substituents is 1. The number of esters is 3. The third-order valence-corrected chi connectivity index (χ3v) is 7.18. The van der Waals surface area contributed by atoms with Gasteiger partial charge in [-0.05, 0) is 25.0 Å². The first-order chi connectivity index (χ1) is 20.7. The number of phosphoric ester groups is 1. The topological polar surface area (TPSA) is 178 Å². The van der Waals surface area contributed by atoms with Crippen molar-refractivity contribution in [1.82, 2.24) is 0 Å². The van der Waals surface area contributed by atoms with Crippen LogP contribution in [0.4, 0.5) is 5.69 Å². The SMILES string of the molecule is CCCCCCCCCC(=O)OCC(COP(=O)(O)OCC[N+](C)(C)C)OC(=O)CCCC(=O)Oc1ccc([N+](=O)[O-])cc1. The highest BCUT2D eigenvalue weighted by Gasteiger charge is 2.27. The maximum absolute atomic E-state index is 12.5. The van der Waals surface area contributed by atoms with Crippen LogP contribution in [0.2, 0.25) is 0 Å². The van der Waals surface area contributed by atoms with Gasteiger partial charge >= 0.3 is 25.7 Å². The van der Waals surface area contributed by atoms with Gasteiger partial charge in [0.25, 0.3) is 5.69 Å². The number of carbonyl (C=O) groups is 3. The average molecular weight is 648 g/mol. The van der Waals surface area contributed by atoms with Gasteiger partial charge in [-0.3, -0.25) is 33.5 Å². The number of likely N-dealkylation sites (N-methyl/N-ethyl adjacent to an activating group) is 1. The van der Waals surface area contributed by atoms with Gasteiger partial charge in [-0.1, -0.05) is 45.4 Å². The van der Waals surface area contributed by atoms with Crippen molar-refractivity contribution in [2.45, 2.75) is 83.7 Å². The molecule has 0 fully saturated rings. The van der Waals surface area contributed by atoms with Crippen LogP contribution in [0.1, 0.15) is 77.6 Å². The monoisotopic (exact) mass is 647 g/mol. The number of carbonyl (C=O) groups excluding carboxylic acids is 3. The van der Waals surface area contributed by atoms with Crippen LogP contribution < -0.4 is 4.74 Å². The molecule has 0 aromatic heterocycles. The third kappa shape index (κ3) is 20.1. The first-order valence-corrected chi connectivity index (χ1v) is 16.4. The molecule has 0 aliphatic carbocycles. The number of benzene rings is 1. The maximum atomic E-state index is 12.5. The summed E-state index contributed by atoms with van der Waals surface area (Å²) >= 11 is 0. The van der Waals surface area contributed by atoms with Crippen molar-refractivity contribution in [3.8, 4) is 5.75 Å². The number of hydrogen-bond donors (Lipinski definition) is 1. The second-order valence-corrected chi connectivity index (χ2v) is 12.8. The minimum atomic E-state index is -4.47. The molecule has 0 bridgehead atoms. The van der Waals surface area contributed by atoms with E-state index in [1.54, 1.807) is 0 Å². The van der Waals surface area contributed by atoms with E-state index < -0.39 is 43.4 Å². The van der Waals surface area contributed by atoms with Gasteiger partial charge in [-0.2, -0.15) is 0 Å². The minimum Gasteiger partial charge on any atom is -0.462 e. The lowest BCUT2D eigenvalue weighted by atomic mass is 10.1. The fraction of sp³-hybridized carbons (Fsp3) is 0.690. The molecule has 1 rings (SSSR count). The molecule has 0 saturated carbocycles. The van der Waals surface area contributed by atoms with E-state index in [2.05, 4.69) is 6.92 Å². The largest absolute Gasteiger partial charge is 0.472 e. The Labute approximate surface area is 259 Å². The van der Waals surface area contributed by atoms with E-state index in [1.807, 2.05) is 21.1 Å². The van der Waals surface area contributed by atoms with E-state index in [1.165, 1.54) is 37.1 Å². The molecule has 15 heteroatoms. The number of phosphoric acid groups is 1. The van der Waals surface area contributed by atoms with Crippen LogP contribution in [-0.2, 0) is 37.5 Å². The number of ether oxygens (including phenoxy) is 3. The van der Waals surface area contributed by atoms with E-state index in [0.717, 1.165) is 25.7 Å². The van der Waals surface area contributed by atoms with Gasteiger partial charge in [-0.25, -0.2) is 4.57 Å². The van der Waals surface area contributed by atoms with E-state index in [9.17, 15) is 34.0 Å². The summed E-state index contributed by atoms with van der Waals surface area (Å²) in [7, 11) is 1.19. The van der Waals surface area contributed by atoms with E-state index >= 15 is 0 Å². The van der Waals surface area contributed by atoms with Crippen molar-refractivity contribution in [2.75, 3.05) is 47.5 Å². The summed E-state index contributed by atoms with van der Waals surface area (Å²) < 4.78 is 38.5. The molecule has 0 saturated heterocycles. The zero-order valence-electron chi connectivity index (χ0n) is 26.3. The molecule has 0 aliphatic heterocycles. The maximum Gasteiger partial charge on any atom is 0.472 e. The van der Waals surface area contributed by atoms with Crippen LogP contribution in [0.15, 0.2) is 24.3 Å². The number of nitrogens with zero attached hydrogens (tertiary/aromatic N) is 2. The number of unbranched alkanes of at least 4 members (excludes halogenated alkanes) is 6. The van der Waals surface area contributed by atoms with Crippen LogP contribution in [0, 0.1) is 10.1 Å². The van der Waals surface area contributed by atoms with Gasteiger partial charge in [0, 0.05) is 31.4 Å². The standard InChI is InChI=1S/C29H47N2O12P/c1-5-6-7-8-9-10-11-13-27(32)39-22-26(23-41-44(37,38)40-21-20-31(2,3)4)43-29(34)15-12-14-28(33)42-25-18-16-24(17-19-25)30(35)36/h16-19,26H,5-15,20-23H2,1-4H3/p+1. The van der Waals surface area contributed by atoms with Crippen molar-refractivity contribution in [3.63, 3.8) is 0 Å². The van der Waals surface area contributed by atoms with Crippen LogP contribution in [0.5, 0.6) is 5.75 Å². The van der Waals surface area contributed by atoms with Gasteiger partial charge in [0.15, 0.2) is 6.10 Å². The highest BCUT2D eigenvalue weighted by atomic mass is 31.2. The first kappa shape index (κ1) is 39.1. The Morgan fingerprint density at radius 1 is 0.864 bits per heavy atom. The molecule has 1 N–H and O–H groups in total. The Morgan fingerprint density at radius 2 is 1.45 bits per heavy atom. The first-order valence-electron chi connectivity index (χ1n) is 14.9. The molecular formula is C29H48N2O12P+. The lowest BCUT2D eigenvalue weighted by molar-refractivity contribution is -0.870. The molecule has 250 valence electrons. The second-order valence-electron chi connectivity index (χ2n) is 11.4. The summed E-state index contributed by atoms with van der Waals surface area (Å²) in [6.07, 6.45) is 5.94. The van der Waals surface area contributed by atoms with Crippen LogP contribution in [0.3, 0.4) is 0 Å². The normalized spacial score (nSPS) is 13.5. The predicted octanol–water partition coefficient (Wildman–Crippen LogP) is 5.11. The molecule has 14 nitrogen and oxygen atoms in total. The fourth-order valence-corrected chi connectivity index (χ4v) is 4.43. The van der Waals surface area contributed by atoms with Crippen molar-refractivity contribution < 1.29 is 56.5 Å². The third-order valence-electron chi connectivity index (χ3n) is 6.19. The zero-order chi connectivity index (χ0) is 33.0. The van der Waals surface area contributed by atoms with Gasteiger partial charge in [0.05, 0.1) is 32.7 Å². The molecule has 0 spiro atoms. The summed E-state index contributed by atoms with van der Waals surface area (Å²) in [5.74, 6) is -1.77. The molecule has 1 aromatic rings. The summed E-state index contributed by atoms with van der Waals surface area (Å²) in [6, 6.07) is 4.97. The number of hydrogen-bond acceptors (Lipinski definition) is 11. The van der Waals surface area contributed by atoms with Gasteiger partial charge < -0.3 is 23.6 Å². The Bertz CT molecular complexity index is 1080. The van der Waals surface area contributed by atoms with E-state index in [-0.39, 0.29) is 50.3 Å². The summed E-state index contributed by atoms with van der Waals surface area (Å²) in [6.45, 7) is 1.59. The van der Waals surface area contributed by atoms with Crippen LogP contribution >= 0.6 is 7.82 Å². The number of quaternary nitrogens is 1. The molecule has 0 aliphatic rings. The average Bonchev–Trinajstić information content (AvgIpc) is 2.93. The van der Waals surface area contributed by atoms with Crippen molar-refractivity contribution in [2.24, 2.45) is 0 Å². The molecule has 0 radical (unpaired) electrons. The highest BCUT2D eigenvalue weighted by Crippen LogP contribution is 2.43. The number of nitro groups is 1. The second kappa shape index (κ2) is 20.9. The highest BCUT2D eigenvalue weighted by molar-refractivity contribution is 7.47. The van der Waals surface area contributed by atoms with Crippen molar-refractivity contribution >= 4 is 31.4 Å². The Morgan fingerprint density at radius 3 is 2.07 bits per heavy atom. The Kier molecular flexibility index (Phi) is 18.6. The van der Waals surface area contributed by atoms with Crippen LogP contribution in [-0.4, -0.2) is 85.8 Å². The zero-order valence-corrected chi connectivity index (χ0v) is 27.2. The Hall–Kier alpha value is -2.90. The quantitative estimate of drug-likeness (QED) is 0.0299. The number of rotatable bonds is 24. The molecule has 0 amide bonds. The van der Waals surface area contributed by atoms with E-state index in [0.29, 0.717) is 17.4 Å². The minimum absolute atomic E-state index is 0.0505. The number of non-ortho nitro benzene ring substituents is 1. The van der Waals surface area contributed by atoms with Gasteiger partial charge in [-0.15, -0.1) is 0 Å². The molecule has 2 unspecified atom stereocenters. The smallest absolute Gasteiger partial charge is 0.462 e. The molecule has 44 heavy (non-hydrogen) atoms. The molecule has 0 heterocycles. The summed E-state index contributed by atoms with van der Waals surface area (Å²) in [5, 5.41) is 10.7. The van der Waals surface area contributed by atoms with Crippen molar-refractivity contribution in [1.29, 1.82) is 0 Å². The van der Waals surface area contributed by atoms with Crippen molar-refractivity contribution in [3.05, 3.63) is 34.4 Å².